The van der Waals surface area contributed by atoms with Crippen molar-refractivity contribution in [3.63, 3.8) is 0 Å². The van der Waals surface area contributed by atoms with Crippen LogP contribution in [0.1, 0.15) is 12.5 Å². The molecule has 0 aliphatic rings. The summed E-state index contributed by atoms with van der Waals surface area (Å²) in [6, 6.07) is 9.79. The minimum absolute atomic E-state index is 0.0505. The Hall–Kier alpha value is -1.60. The lowest BCUT2D eigenvalue weighted by Gasteiger charge is -2.34. The van der Waals surface area contributed by atoms with Crippen LogP contribution in [0.5, 0.6) is 0 Å². The number of nitrogens with zero attached hydrogens (tertiary/aromatic N) is 2. The molecule has 0 saturated carbocycles. The lowest BCUT2D eigenvalue weighted by atomic mass is 10.1. The average Bonchev–Trinajstić information content (AvgIpc) is 2.18. The lowest BCUT2D eigenvalue weighted by Crippen LogP contribution is -2.49. The van der Waals surface area contributed by atoms with E-state index in [0.717, 1.165) is 11.3 Å². The van der Waals surface area contributed by atoms with Crippen molar-refractivity contribution in [1.29, 1.82) is 5.26 Å². The van der Waals surface area contributed by atoms with Gasteiger partial charge in [0.2, 0.25) is 5.91 Å². The smallest absolute Gasteiger partial charge is 0.215 e. The van der Waals surface area contributed by atoms with Crippen molar-refractivity contribution in [3.8, 4) is 6.07 Å². The van der Waals surface area contributed by atoms with Gasteiger partial charge in [0, 0.05) is 12.6 Å². The summed E-state index contributed by atoms with van der Waals surface area (Å²) in [6.45, 7) is 7.95. The van der Waals surface area contributed by atoms with Gasteiger partial charge in [-0.1, -0.05) is 37.8 Å². The molecule has 1 amide bonds. The highest BCUT2D eigenvalue weighted by Crippen LogP contribution is 2.26. The predicted octanol–water partition coefficient (Wildman–Crippen LogP) is 2.94. The monoisotopic (exact) mass is 246 g/mol. The fraction of sp³-hybridized carbons (Fsp3) is 0.385. The van der Waals surface area contributed by atoms with E-state index in [1.165, 1.54) is 0 Å². The molecule has 0 unspecified atom stereocenters. The van der Waals surface area contributed by atoms with Gasteiger partial charge in [-0.2, -0.15) is 5.26 Å². The van der Waals surface area contributed by atoms with E-state index in [4.69, 9.17) is 5.26 Å². The second kappa shape index (κ2) is 5.15. The molecule has 0 spiro atoms. The fourth-order valence-electron chi connectivity index (χ4n) is 1.97. The van der Waals surface area contributed by atoms with Crippen LogP contribution < -0.4 is 4.57 Å². The molecular formula is C13H18N2OSi. The van der Waals surface area contributed by atoms with Crippen LogP contribution in [0.3, 0.4) is 0 Å². The van der Waals surface area contributed by atoms with Gasteiger partial charge in [0.05, 0.1) is 12.5 Å². The molecule has 0 N–H and O–H groups in total. The van der Waals surface area contributed by atoms with E-state index >= 15 is 0 Å². The molecule has 0 atom stereocenters. The predicted molar refractivity (Wildman–Crippen MR) is 72.3 cm³/mol. The molecule has 0 aliphatic carbocycles. The summed E-state index contributed by atoms with van der Waals surface area (Å²) in [7, 11) is -1.78. The van der Waals surface area contributed by atoms with Crippen LogP contribution in [-0.4, -0.2) is 14.1 Å². The van der Waals surface area contributed by atoms with E-state index in [9.17, 15) is 4.79 Å². The molecule has 0 aliphatic heterocycles. The summed E-state index contributed by atoms with van der Waals surface area (Å²) < 4.78 is 1.87. The first-order valence-corrected chi connectivity index (χ1v) is 9.08. The molecular weight excluding hydrogens is 228 g/mol. The number of benzene rings is 1. The maximum absolute atomic E-state index is 11.8. The van der Waals surface area contributed by atoms with Gasteiger partial charge < -0.3 is 4.57 Å². The fourth-order valence-corrected chi connectivity index (χ4v) is 3.85. The minimum Gasteiger partial charge on any atom is -0.341 e. The first-order chi connectivity index (χ1) is 7.88. The van der Waals surface area contributed by atoms with Crippen molar-refractivity contribution < 1.29 is 4.79 Å². The SMILES string of the molecule is CC(=O)N(c1ccccc1CC#N)[Si](C)(C)C. The summed E-state index contributed by atoms with van der Waals surface area (Å²) in [5.41, 5.74) is 1.81. The molecule has 0 radical (unpaired) electrons. The van der Waals surface area contributed by atoms with E-state index < -0.39 is 8.24 Å². The number of para-hydroxylation sites is 1. The van der Waals surface area contributed by atoms with Crippen molar-refractivity contribution in [2.45, 2.75) is 33.0 Å². The average molecular weight is 246 g/mol. The van der Waals surface area contributed by atoms with Gasteiger partial charge in [0.15, 0.2) is 8.24 Å². The van der Waals surface area contributed by atoms with Crippen LogP contribution in [0, 0.1) is 11.3 Å². The molecule has 0 fully saturated rings. The number of amides is 1. The van der Waals surface area contributed by atoms with Crippen molar-refractivity contribution in [3.05, 3.63) is 29.8 Å². The van der Waals surface area contributed by atoms with Crippen molar-refractivity contribution in [1.82, 2.24) is 0 Å². The van der Waals surface area contributed by atoms with Crippen LogP contribution >= 0.6 is 0 Å². The molecule has 0 heterocycles. The van der Waals surface area contributed by atoms with Crippen LogP contribution in [0.4, 0.5) is 5.69 Å². The summed E-state index contributed by atoms with van der Waals surface area (Å²) >= 11 is 0. The number of hydrogen-bond acceptors (Lipinski definition) is 2. The Labute approximate surface area is 104 Å². The Balaban J connectivity index is 3.29. The van der Waals surface area contributed by atoms with Gasteiger partial charge in [0.1, 0.15) is 0 Å². The minimum atomic E-state index is -1.78. The van der Waals surface area contributed by atoms with Gasteiger partial charge >= 0.3 is 0 Å². The van der Waals surface area contributed by atoms with E-state index in [0.29, 0.717) is 6.42 Å². The molecule has 17 heavy (non-hydrogen) atoms. The van der Waals surface area contributed by atoms with Crippen LogP contribution in [-0.2, 0) is 11.2 Å². The maximum atomic E-state index is 11.8. The summed E-state index contributed by atoms with van der Waals surface area (Å²) in [5, 5.41) is 8.83. The quantitative estimate of drug-likeness (QED) is 0.770. The highest BCUT2D eigenvalue weighted by atomic mass is 28.3. The highest BCUT2D eigenvalue weighted by molar-refractivity contribution is 6.83. The van der Waals surface area contributed by atoms with Crippen molar-refractivity contribution in [2.75, 3.05) is 4.57 Å². The number of carbonyl (C=O) groups excluding carboxylic acids is 1. The van der Waals surface area contributed by atoms with Crippen molar-refractivity contribution in [2.24, 2.45) is 0 Å². The summed E-state index contributed by atoms with van der Waals surface area (Å²) in [4.78, 5) is 11.8. The van der Waals surface area contributed by atoms with Crippen LogP contribution in [0.2, 0.25) is 19.6 Å². The first-order valence-electron chi connectivity index (χ1n) is 5.63. The molecule has 0 saturated heterocycles. The second-order valence-corrected chi connectivity index (χ2v) is 9.78. The summed E-state index contributed by atoms with van der Waals surface area (Å²) in [5.74, 6) is 0.0505. The number of carbonyl (C=O) groups is 1. The zero-order valence-corrected chi connectivity index (χ0v) is 11.8. The highest BCUT2D eigenvalue weighted by Gasteiger charge is 2.29. The van der Waals surface area contributed by atoms with Gasteiger partial charge in [-0.15, -0.1) is 0 Å². The molecule has 1 rings (SSSR count). The third-order valence-electron chi connectivity index (χ3n) is 2.49. The number of anilines is 1. The summed E-state index contributed by atoms with van der Waals surface area (Å²) in [6.07, 6.45) is 0.338. The lowest BCUT2D eigenvalue weighted by molar-refractivity contribution is -0.115. The standard InChI is InChI=1S/C13H18N2OSi/c1-11(16)15(17(2,3)4)13-8-6-5-7-12(13)9-10-14/h5-8H,9H2,1-4H3. The second-order valence-electron chi connectivity index (χ2n) is 4.99. The Morgan fingerprint density at radius 2 is 1.94 bits per heavy atom. The normalized spacial score (nSPS) is 10.8. The number of rotatable bonds is 3. The number of nitriles is 1. The molecule has 1 aromatic carbocycles. The molecule has 4 heteroatoms. The van der Waals surface area contributed by atoms with Crippen LogP contribution in [0.25, 0.3) is 0 Å². The maximum Gasteiger partial charge on any atom is 0.215 e. The van der Waals surface area contributed by atoms with Gasteiger partial charge in [-0.25, -0.2) is 0 Å². The molecule has 0 aromatic heterocycles. The van der Waals surface area contributed by atoms with E-state index in [1.807, 2.05) is 28.8 Å². The van der Waals surface area contributed by atoms with Gasteiger partial charge in [0.25, 0.3) is 0 Å². The molecule has 90 valence electrons. The zero-order valence-electron chi connectivity index (χ0n) is 10.8. The first kappa shape index (κ1) is 13.5. The topological polar surface area (TPSA) is 44.1 Å². The van der Waals surface area contributed by atoms with E-state index in [-0.39, 0.29) is 5.91 Å². The Morgan fingerprint density at radius 3 is 2.41 bits per heavy atom. The Bertz CT molecular complexity index is 457. The van der Waals surface area contributed by atoms with Gasteiger partial charge in [-0.05, 0) is 11.6 Å². The third-order valence-corrected chi connectivity index (χ3v) is 4.39. The van der Waals surface area contributed by atoms with E-state index in [2.05, 4.69) is 25.7 Å². The van der Waals surface area contributed by atoms with Crippen LogP contribution in [0.15, 0.2) is 24.3 Å². The number of hydrogen-bond donors (Lipinski definition) is 0. The van der Waals surface area contributed by atoms with Crippen molar-refractivity contribution >= 4 is 19.8 Å². The third kappa shape index (κ3) is 3.18. The Kier molecular flexibility index (Phi) is 4.08. The molecule has 1 aromatic rings. The van der Waals surface area contributed by atoms with E-state index in [1.54, 1.807) is 6.92 Å². The molecule has 3 nitrogen and oxygen atoms in total. The Morgan fingerprint density at radius 1 is 1.35 bits per heavy atom. The molecule has 0 bridgehead atoms. The zero-order chi connectivity index (χ0) is 13.1. The largest absolute Gasteiger partial charge is 0.341 e. The van der Waals surface area contributed by atoms with Gasteiger partial charge in [-0.3, -0.25) is 4.79 Å².